The van der Waals surface area contributed by atoms with E-state index >= 15 is 0 Å². The van der Waals surface area contributed by atoms with Crippen molar-refractivity contribution in [1.82, 2.24) is 0 Å². The molecule has 1 aliphatic heterocycles. The zero-order valence-electron chi connectivity index (χ0n) is 10.5. The lowest BCUT2D eigenvalue weighted by atomic mass is 9.88. The van der Waals surface area contributed by atoms with Crippen molar-refractivity contribution in [1.29, 1.82) is 0 Å². The van der Waals surface area contributed by atoms with Crippen molar-refractivity contribution >= 4 is 11.6 Å². The highest BCUT2D eigenvalue weighted by molar-refractivity contribution is 6.31. The van der Waals surface area contributed by atoms with Gasteiger partial charge in [0.25, 0.3) is 0 Å². The highest BCUT2D eigenvalue weighted by Crippen LogP contribution is 2.34. The molecule has 1 aromatic rings. The maximum Gasteiger partial charge on any atom is 0.0471 e. The summed E-state index contributed by atoms with van der Waals surface area (Å²) in [5.41, 5.74) is 8.06. The number of hydrogen-bond donors (Lipinski definition) is 1. The van der Waals surface area contributed by atoms with Gasteiger partial charge < -0.3 is 10.5 Å². The van der Waals surface area contributed by atoms with Crippen LogP contribution in [-0.2, 0) is 10.3 Å². The third-order valence-corrected chi connectivity index (χ3v) is 3.73. The van der Waals surface area contributed by atoms with Crippen LogP contribution in [0.5, 0.6) is 0 Å². The number of benzene rings is 1. The summed E-state index contributed by atoms with van der Waals surface area (Å²) in [5, 5.41) is 0.841. The van der Waals surface area contributed by atoms with Crippen molar-refractivity contribution in [3.8, 4) is 0 Å². The van der Waals surface area contributed by atoms with Gasteiger partial charge in [0.1, 0.15) is 0 Å². The SMILES string of the molecule is CC(C)(N)c1ccc(C2CCOCC2)c(Cl)c1. The minimum atomic E-state index is -0.335. The van der Waals surface area contributed by atoms with Crippen molar-refractivity contribution in [2.75, 3.05) is 13.2 Å². The average molecular weight is 254 g/mol. The van der Waals surface area contributed by atoms with Crippen LogP contribution in [0.15, 0.2) is 18.2 Å². The summed E-state index contributed by atoms with van der Waals surface area (Å²) in [5.74, 6) is 0.534. The highest BCUT2D eigenvalue weighted by Gasteiger charge is 2.21. The van der Waals surface area contributed by atoms with E-state index in [-0.39, 0.29) is 5.54 Å². The second-order valence-corrected chi connectivity index (χ2v) is 5.75. The maximum absolute atomic E-state index is 6.37. The molecule has 0 amide bonds. The van der Waals surface area contributed by atoms with E-state index in [0.717, 1.165) is 36.6 Å². The molecule has 0 radical (unpaired) electrons. The van der Waals surface area contributed by atoms with Crippen molar-refractivity contribution in [3.63, 3.8) is 0 Å². The number of halogens is 1. The first-order valence-electron chi connectivity index (χ1n) is 6.15. The van der Waals surface area contributed by atoms with Crippen LogP contribution in [0.4, 0.5) is 0 Å². The van der Waals surface area contributed by atoms with Crippen molar-refractivity contribution in [3.05, 3.63) is 34.3 Å². The van der Waals surface area contributed by atoms with Gasteiger partial charge in [0.15, 0.2) is 0 Å². The lowest BCUT2D eigenvalue weighted by Crippen LogP contribution is -2.28. The number of rotatable bonds is 2. The first kappa shape index (κ1) is 12.9. The first-order chi connectivity index (χ1) is 7.98. The molecule has 1 saturated heterocycles. The van der Waals surface area contributed by atoms with Crippen LogP contribution in [-0.4, -0.2) is 13.2 Å². The number of nitrogens with two attached hydrogens (primary N) is 1. The molecule has 0 aromatic heterocycles. The van der Waals surface area contributed by atoms with Crippen LogP contribution in [0, 0.1) is 0 Å². The molecule has 0 aliphatic carbocycles. The molecule has 0 bridgehead atoms. The van der Waals surface area contributed by atoms with Gasteiger partial charge in [-0.2, -0.15) is 0 Å². The molecule has 2 N–H and O–H groups in total. The second-order valence-electron chi connectivity index (χ2n) is 5.34. The average Bonchev–Trinajstić information content (AvgIpc) is 2.29. The topological polar surface area (TPSA) is 35.2 Å². The van der Waals surface area contributed by atoms with E-state index in [1.165, 1.54) is 5.56 Å². The van der Waals surface area contributed by atoms with Gasteiger partial charge in [-0.15, -0.1) is 0 Å². The van der Waals surface area contributed by atoms with Crippen molar-refractivity contribution < 1.29 is 4.74 Å². The summed E-state index contributed by atoms with van der Waals surface area (Å²) in [4.78, 5) is 0. The van der Waals surface area contributed by atoms with Gasteiger partial charge in [0.2, 0.25) is 0 Å². The molecule has 1 heterocycles. The summed E-state index contributed by atoms with van der Waals surface area (Å²) in [7, 11) is 0. The molecular weight excluding hydrogens is 234 g/mol. The van der Waals surface area contributed by atoms with E-state index in [1.54, 1.807) is 0 Å². The summed E-state index contributed by atoms with van der Waals surface area (Å²) in [6.07, 6.45) is 2.12. The fourth-order valence-corrected chi connectivity index (χ4v) is 2.60. The van der Waals surface area contributed by atoms with E-state index in [1.807, 2.05) is 19.9 Å². The first-order valence-corrected chi connectivity index (χ1v) is 6.53. The number of ether oxygens (including phenoxy) is 1. The van der Waals surface area contributed by atoms with Gasteiger partial charge in [0, 0.05) is 23.8 Å². The van der Waals surface area contributed by atoms with Crippen molar-refractivity contribution in [2.45, 2.75) is 38.1 Å². The molecule has 0 saturated carbocycles. The molecule has 17 heavy (non-hydrogen) atoms. The minimum Gasteiger partial charge on any atom is -0.381 e. The van der Waals surface area contributed by atoms with Gasteiger partial charge in [-0.3, -0.25) is 0 Å². The lowest BCUT2D eigenvalue weighted by molar-refractivity contribution is 0.0853. The third-order valence-electron chi connectivity index (χ3n) is 3.41. The van der Waals surface area contributed by atoms with Gasteiger partial charge in [-0.25, -0.2) is 0 Å². The quantitative estimate of drug-likeness (QED) is 0.877. The summed E-state index contributed by atoms with van der Waals surface area (Å²) >= 11 is 6.37. The Labute approximate surface area is 108 Å². The predicted molar refractivity (Wildman–Crippen MR) is 71.5 cm³/mol. The molecule has 1 aliphatic rings. The molecule has 1 fully saturated rings. The summed E-state index contributed by atoms with van der Waals surface area (Å²) in [6.45, 7) is 5.66. The van der Waals surface area contributed by atoms with Crippen molar-refractivity contribution in [2.24, 2.45) is 5.73 Å². The van der Waals surface area contributed by atoms with Gasteiger partial charge in [0.05, 0.1) is 0 Å². The third kappa shape index (κ3) is 3.01. The van der Waals surface area contributed by atoms with Crippen LogP contribution in [0.3, 0.4) is 0 Å². The largest absolute Gasteiger partial charge is 0.381 e. The Hall–Kier alpha value is -0.570. The maximum atomic E-state index is 6.37. The van der Waals surface area contributed by atoms with Crippen LogP contribution >= 0.6 is 11.6 Å². The van der Waals surface area contributed by atoms with Gasteiger partial charge >= 0.3 is 0 Å². The highest BCUT2D eigenvalue weighted by atomic mass is 35.5. The Balaban J connectivity index is 2.25. The Kier molecular flexibility index (Phi) is 3.76. The Morgan fingerprint density at radius 2 is 1.94 bits per heavy atom. The summed E-state index contributed by atoms with van der Waals surface area (Å²) in [6, 6.07) is 6.23. The summed E-state index contributed by atoms with van der Waals surface area (Å²) < 4.78 is 5.38. The fraction of sp³-hybridized carbons (Fsp3) is 0.571. The lowest BCUT2D eigenvalue weighted by Gasteiger charge is -2.25. The molecule has 2 nitrogen and oxygen atoms in total. The zero-order chi connectivity index (χ0) is 12.5. The smallest absolute Gasteiger partial charge is 0.0471 e. The molecule has 0 spiro atoms. The zero-order valence-corrected chi connectivity index (χ0v) is 11.3. The predicted octanol–water partition coefficient (Wildman–Crippen LogP) is 3.43. The molecule has 1 aromatic carbocycles. The Morgan fingerprint density at radius 3 is 2.47 bits per heavy atom. The van der Waals surface area contributed by atoms with E-state index in [4.69, 9.17) is 22.1 Å². The van der Waals surface area contributed by atoms with Crippen LogP contribution < -0.4 is 5.73 Å². The number of hydrogen-bond acceptors (Lipinski definition) is 2. The van der Waals surface area contributed by atoms with E-state index < -0.39 is 0 Å². The second kappa shape index (κ2) is 4.97. The van der Waals surface area contributed by atoms with Crippen LogP contribution in [0.2, 0.25) is 5.02 Å². The Bertz CT molecular complexity index is 392. The Morgan fingerprint density at radius 1 is 1.29 bits per heavy atom. The van der Waals surface area contributed by atoms with Crippen LogP contribution in [0.25, 0.3) is 0 Å². The van der Waals surface area contributed by atoms with E-state index in [2.05, 4.69) is 12.1 Å². The van der Waals surface area contributed by atoms with E-state index in [9.17, 15) is 0 Å². The van der Waals surface area contributed by atoms with Crippen LogP contribution in [0.1, 0.15) is 43.7 Å². The molecule has 3 heteroatoms. The molecule has 94 valence electrons. The normalized spacial score (nSPS) is 18.4. The molecule has 0 atom stereocenters. The molecule has 0 unspecified atom stereocenters. The standard InChI is InChI=1S/C14H20ClNO/c1-14(2,16)11-3-4-12(13(15)9-11)10-5-7-17-8-6-10/h3-4,9-10H,5-8,16H2,1-2H3. The minimum absolute atomic E-state index is 0.335. The van der Waals surface area contributed by atoms with E-state index in [0.29, 0.717) is 5.92 Å². The van der Waals surface area contributed by atoms with Gasteiger partial charge in [-0.05, 0) is 49.8 Å². The monoisotopic (exact) mass is 253 g/mol. The molecule has 2 rings (SSSR count). The molecular formula is C14H20ClNO. The van der Waals surface area contributed by atoms with Gasteiger partial charge in [-0.1, -0.05) is 23.7 Å². The fourth-order valence-electron chi connectivity index (χ4n) is 2.27.